The van der Waals surface area contributed by atoms with E-state index >= 15 is 0 Å². The third-order valence-electron chi connectivity index (χ3n) is 0.736. The van der Waals surface area contributed by atoms with Gasteiger partial charge in [0, 0.05) is 7.11 Å². The van der Waals surface area contributed by atoms with Gasteiger partial charge in [0.05, 0.1) is 0 Å². The second-order valence-electron chi connectivity index (χ2n) is 1.45. The third kappa shape index (κ3) is 4.96. The van der Waals surface area contributed by atoms with Crippen LogP contribution in [0.25, 0.3) is 0 Å². The zero-order valence-corrected chi connectivity index (χ0v) is 5.37. The van der Waals surface area contributed by atoms with Crippen LogP contribution >= 0.6 is 0 Å². The highest BCUT2D eigenvalue weighted by Crippen LogP contribution is 1.85. The number of carboxylic acids is 1. The number of carbonyl (C=O) groups is 1. The van der Waals surface area contributed by atoms with E-state index in [0.717, 1.165) is 6.21 Å². The van der Waals surface area contributed by atoms with E-state index in [1.165, 1.54) is 7.11 Å². The molecule has 0 heterocycles. The van der Waals surface area contributed by atoms with E-state index in [9.17, 15) is 4.79 Å². The Labute approximate surface area is 53.2 Å². The van der Waals surface area contributed by atoms with Gasteiger partial charge >= 0.3 is 5.97 Å². The summed E-state index contributed by atoms with van der Waals surface area (Å²) in [6.45, 7) is 1.65. The topological polar surface area (TPSA) is 58.9 Å². The molecule has 0 aliphatic rings. The number of methoxy groups -OCH3 is 1. The predicted octanol–water partition coefficient (Wildman–Crippen LogP) is 0.134. The van der Waals surface area contributed by atoms with Crippen LogP contribution in [-0.4, -0.2) is 30.6 Å². The molecule has 0 bridgehead atoms. The van der Waals surface area contributed by atoms with Crippen LogP contribution in [0, 0.1) is 0 Å². The summed E-state index contributed by atoms with van der Waals surface area (Å²) in [5, 5.41) is 8.05. The summed E-state index contributed by atoms with van der Waals surface area (Å²) < 4.78 is 4.64. The van der Waals surface area contributed by atoms with Gasteiger partial charge in [-0.05, 0) is 6.92 Å². The number of hydrogen-bond acceptors (Lipinski definition) is 3. The first-order chi connectivity index (χ1) is 4.16. The fraction of sp³-hybridized carbons (Fsp3) is 0.600. The zero-order valence-electron chi connectivity index (χ0n) is 5.37. The van der Waals surface area contributed by atoms with Crippen molar-refractivity contribution in [2.45, 2.75) is 13.2 Å². The molecule has 9 heavy (non-hydrogen) atoms. The summed E-state index contributed by atoms with van der Waals surface area (Å²) in [5.41, 5.74) is 0. The lowest BCUT2D eigenvalue weighted by atomic mass is 10.6. The molecule has 0 spiro atoms. The molecular weight excluding hydrogens is 122 g/mol. The van der Waals surface area contributed by atoms with Crippen molar-refractivity contribution in [3.05, 3.63) is 0 Å². The molecule has 0 aromatic rings. The zero-order chi connectivity index (χ0) is 7.28. The molecular formula is C5H9NO3. The number of nitrogens with zero attached hydrogens (tertiary/aromatic N) is 1. The minimum absolute atomic E-state index is 0.374. The third-order valence-corrected chi connectivity index (χ3v) is 0.736. The van der Waals surface area contributed by atoms with Crippen molar-refractivity contribution < 1.29 is 14.6 Å². The highest BCUT2D eigenvalue weighted by atomic mass is 16.5. The van der Waals surface area contributed by atoms with E-state index < -0.39 is 5.97 Å². The van der Waals surface area contributed by atoms with Crippen molar-refractivity contribution in [1.82, 2.24) is 0 Å². The fourth-order valence-electron chi connectivity index (χ4n) is 0.230. The molecule has 0 aliphatic carbocycles. The molecule has 52 valence electrons. The first-order valence-corrected chi connectivity index (χ1v) is 2.45. The van der Waals surface area contributed by atoms with E-state index in [1.54, 1.807) is 6.92 Å². The fourth-order valence-corrected chi connectivity index (χ4v) is 0.230. The summed E-state index contributed by atoms with van der Waals surface area (Å²) in [7, 11) is 1.46. The van der Waals surface area contributed by atoms with Gasteiger partial charge in [-0.1, -0.05) is 0 Å². The molecule has 4 nitrogen and oxygen atoms in total. The van der Waals surface area contributed by atoms with E-state index in [-0.39, 0.29) is 6.23 Å². The maximum absolute atomic E-state index is 9.81. The van der Waals surface area contributed by atoms with Gasteiger partial charge in [0.1, 0.15) is 12.4 Å². The molecule has 4 heteroatoms. The van der Waals surface area contributed by atoms with Crippen LogP contribution in [-0.2, 0) is 9.53 Å². The summed E-state index contributed by atoms with van der Waals surface area (Å²) in [6.07, 6.45) is 0.440. The molecule has 0 radical (unpaired) electrons. The second kappa shape index (κ2) is 4.03. The van der Waals surface area contributed by atoms with Gasteiger partial charge in [0.25, 0.3) is 0 Å². The molecule has 0 saturated heterocycles. The number of rotatable bonds is 3. The Morgan fingerprint density at radius 3 is 2.78 bits per heavy atom. The van der Waals surface area contributed by atoms with Crippen LogP contribution in [0.3, 0.4) is 0 Å². The van der Waals surface area contributed by atoms with Crippen molar-refractivity contribution in [2.75, 3.05) is 7.11 Å². The first-order valence-electron chi connectivity index (χ1n) is 2.45. The first kappa shape index (κ1) is 8.10. The summed E-state index contributed by atoms with van der Waals surface area (Å²) in [4.78, 5) is 13.3. The van der Waals surface area contributed by atoms with Crippen molar-refractivity contribution in [2.24, 2.45) is 4.99 Å². The van der Waals surface area contributed by atoms with Crippen molar-refractivity contribution in [1.29, 1.82) is 0 Å². The second-order valence-corrected chi connectivity index (χ2v) is 1.45. The molecule has 1 N–H and O–H groups in total. The Morgan fingerprint density at radius 2 is 2.44 bits per heavy atom. The lowest BCUT2D eigenvalue weighted by molar-refractivity contribution is -0.128. The molecule has 1 atom stereocenters. The van der Waals surface area contributed by atoms with Crippen LogP contribution < -0.4 is 0 Å². The molecule has 0 rings (SSSR count). The van der Waals surface area contributed by atoms with Gasteiger partial charge in [-0.3, -0.25) is 4.99 Å². The molecule has 0 amide bonds. The molecule has 0 fully saturated rings. The van der Waals surface area contributed by atoms with E-state index in [4.69, 9.17) is 5.11 Å². The minimum atomic E-state index is -1.06. The van der Waals surface area contributed by atoms with Crippen LogP contribution in [0.4, 0.5) is 0 Å². The molecule has 0 aromatic carbocycles. The average Bonchev–Trinajstić information content (AvgIpc) is 1.83. The smallest absolute Gasteiger partial charge is 0.346 e. The Bertz CT molecular complexity index is 121. The molecule has 0 saturated carbocycles. The summed E-state index contributed by atoms with van der Waals surface area (Å²) in [5.74, 6) is -1.06. The SMILES string of the molecule is COC(C)N=CC(=O)O. The molecule has 1 unspecified atom stereocenters. The van der Waals surface area contributed by atoms with Crippen molar-refractivity contribution in [3.8, 4) is 0 Å². The Kier molecular flexibility index (Phi) is 3.62. The highest BCUT2D eigenvalue weighted by Gasteiger charge is 1.92. The standard InChI is InChI=1S/C5H9NO3/c1-4(9-2)6-3-5(7)8/h3-4H,1-2H3,(H,7,8). The van der Waals surface area contributed by atoms with Crippen molar-refractivity contribution in [3.63, 3.8) is 0 Å². The number of aliphatic imine (C=N–C) groups is 1. The maximum Gasteiger partial charge on any atom is 0.346 e. The number of aliphatic carboxylic acids is 1. The van der Waals surface area contributed by atoms with Gasteiger partial charge in [0.2, 0.25) is 0 Å². The van der Waals surface area contributed by atoms with Crippen LogP contribution in [0.15, 0.2) is 4.99 Å². The maximum atomic E-state index is 9.81. The highest BCUT2D eigenvalue weighted by molar-refractivity contribution is 6.22. The van der Waals surface area contributed by atoms with Gasteiger partial charge in [0.15, 0.2) is 0 Å². The lowest BCUT2D eigenvalue weighted by Crippen LogP contribution is -2.04. The Hall–Kier alpha value is -0.900. The number of ether oxygens (including phenoxy) is 1. The summed E-state index contributed by atoms with van der Waals surface area (Å²) in [6, 6.07) is 0. The quantitative estimate of drug-likeness (QED) is 0.554. The van der Waals surface area contributed by atoms with E-state index in [0.29, 0.717) is 0 Å². The normalized spacial score (nSPS) is 14.0. The van der Waals surface area contributed by atoms with E-state index in [1.807, 2.05) is 0 Å². The Balaban J connectivity index is 3.56. The van der Waals surface area contributed by atoms with Gasteiger partial charge < -0.3 is 9.84 Å². The summed E-state index contributed by atoms with van der Waals surface area (Å²) >= 11 is 0. The van der Waals surface area contributed by atoms with Crippen LogP contribution in [0.5, 0.6) is 0 Å². The van der Waals surface area contributed by atoms with E-state index in [2.05, 4.69) is 9.73 Å². The number of carboxylic acid groups (broad SMARTS) is 1. The van der Waals surface area contributed by atoms with Gasteiger partial charge in [-0.15, -0.1) is 0 Å². The minimum Gasteiger partial charge on any atom is -0.477 e. The number of hydrogen-bond donors (Lipinski definition) is 1. The Morgan fingerprint density at radius 1 is 1.89 bits per heavy atom. The predicted molar refractivity (Wildman–Crippen MR) is 32.6 cm³/mol. The van der Waals surface area contributed by atoms with Gasteiger partial charge in [-0.2, -0.15) is 0 Å². The largest absolute Gasteiger partial charge is 0.477 e. The average molecular weight is 131 g/mol. The monoisotopic (exact) mass is 131 g/mol. The van der Waals surface area contributed by atoms with Crippen LogP contribution in [0.1, 0.15) is 6.92 Å². The molecule has 0 aromatic heterocycles. The molecule has 0 aliphatic heterocycles. The van der Waals surface area contributed by atoms with Gasteiger partial charge in [-0.25, -0.2) is 4.79 Å². The van der Waals surface area contributed by atoms with Crippen molar-refractivity contribution >= 4 is 12.2 Å². The lowest BCUT2D eigenvalue weighted by Gasteiger charge is -1.98. The van der Waals surface area contributed by atoms with Crippen LogP contribution in [0.2, 0.25) is 0 Å².